The Labute approximate surface area is 229 Å². The lowest BCUT2D eigenvalue weighted by atomic mass is 10.1. The molecular formula is C30H34N4O4S. The van der Waals surface area contributed by atoms with Crippen LogP contribution in [-0.4, -0.2) is 61.9 Å². The van der Waals surface area contributed by atoms with Gasteiger partial charge in [0.05, 0.1) is 17.5 Å². The number of likely N-dealkylation sites (N-methyl/N-ethyl adjacent to an activating group) is 1. The number of benzene rings is 3. The molecule has 5 rings (SSSR count). The number of amides is 1. The second-order valence-corrected chi connectivity index (χ2v) is 12.2. The van der Waals surface area contributed by atoms with E-state index in [2.05, 4.69) is 39.5 Å². The van der Waals surface area contributed by atoms with Gasteiger partial charge >= 0.3 is 0 Å². The lowest BCUT2D eigenvalue weighted by Gasteiger charge is -2.23. The molecule has 0 radical (unpaired) electrons. The average Bonchev–Trinajstić information content (AvgIpc) is 3.62. The minimum Gasteiger partial charge on any atom is -0.387 e. The Kier molecular flexibility index (Phi) is 7.74. The summed E-state index contributed by atoms with van der Waals surface area (Å²) in [6, 6.07) is 22.4. The second-order valence-electron chi connectivity index (χ2n) is 10.1. The van der Waals surface area contributed by atoms with E-state index in [9.17, 15) is 18.3 Å². The van der Waals surface area contributed by atoms with E-state index in [0.717, 1.165) is 63.6 Å². The van der Waals surface area contributed by atoms with E-state index < -0.39 is 22.0 Å². The normalized spacial score (nSPS) is 14.7. The molecule has 0 aliphatic carbocycles. The van der Waals surface area contributed by atoms with Crippen LogP contribution in [0.25, 0.3) is 22.2 Å². The van der Waals surface area contributed by atoms with Crippen molar-refractivity contribution < 1.29 is 18.3 Å². The van der Waals surface area contributed by atoms with E-state index in [1.807, 2.05) is 19.1 Å². The number of nitrogens with one attached hydrogen (secondary N) is 2. The van der Waals surface area contributed by atoms with Crippen LogP contribution in [0.5, 0.6) is 0 Å². The summed E-state index contributed by atoms with van der Waals surface area (Å²) in [7, 11) is -2.56. The molecule has 0 bridgehead atoms. The van der Waals surface area contributed by atoms with Crippen molar-refractivity contribution in [3.05, 3.63) is 83.9 Å². The Bertz CT molecular complexity index is 1580. The summed E-state index contributed by atoms with van der Waals surface area (Å²) in [6.45, 7) is 3.52. The van der Waals surface area contributed by atoms with Crippen molar-refractivity contribution in [3.8, 4) is 11.3 Å². The number of aryl methyl sites for hydroxylation is 1. The van der Waals surface area contributed by atoms with Gasteiger partial charge in [0.2, 0.25) is 15.9 Å². The van der Waals surface area contributed by atoms with Crippen LogP contribution < -0.4 is 10.2 Å². The molecule has 204 valence electrons. The maximum Gasteiger partial charge on any atom is 0.243 e. The predicted molar refractivity (Wildman–Crippen MR) is 154 cm³/mol. The molecular weight excluding hydrogens is 512 g/mol. The number of rotatable bonds is 9. The van der Waals surface area contributed by atoms with Crippen molar-refractivity contribution in [2.45, 2.75) is 30.8 Å². The van der Waals surface area contributed by atoms with Crippen molar-refractivity contribution in [1.29, 1.82) is 0 Å². The number of carbonyl (C=O) groups excluding carboxylic acids is 1. The minimum atomic E-state index is -3.95. The molecule has 2 heterocycles. The Hall–Kier alpha value is -3.66. The van der Waals surface area contributed by atoms with Gasteiger partial charge in [0.25, 0.3) is 0 Å². The van der Waals surface area contributed by atoms with Gasteiger partial charge in [-0.3, -0.25) is 4.79 Å². The van der Waals surface area contributed by atoms with Crippen LogP contribution in [0.4, 0.5) is 5.69 Å². The van der Waals surface area contributed by atoms with Crippen molar-refractivity contribution in [2.24, 2.45) is 0 Å². The number of aliphatic hydroxyl groups excluding tert-OH is 1. The molecule has 1 amide bonds. The largest absolute Gasteiger partial charge is 0.387 e. The number of aromatic amines is 1. The summed E-state index contributed by atoms with van der Waals surface area (Å²) >= 11 is 0. The quantitative estimate of drug-likeness (QED) is 0.292. The monoisotopic (exact) mass is 546 g/mol. The number of nitrogens with zero attached hydrogens (tertiary/aromatic N) is 2. The van der Waals surface area contributed by atoms with E-state index in [1.165, 1.54) is 7.05 Å². The van der Waals surface area contributed by atoms with Crippen LogP contribution in [0, 0.1) is 6.92 Å². The first-order valence-electron chi connectivity index (χ1n) is 13.2. The first-order chi connectivity index (χ1) is 18.7. The second kappa shape index (κ2) is 11.2. The molecule has 0 saturated carbocycles. The van der Waals surface area contributed by atoms with E-state index in [0.29, 0.717) is 5.56 Å². The molecule has 0 unspecified atom stereocenters. The molecule has 39 heavy (non-hydrogen) atoms. The Morgan fingerprint density at radius 1 is 1.05 bits per heavy atom. The van der Waals surface area contributed by atoms with Crippen LogP contribution >= 0.6 is 0 Å². The maximum absolute atomic E-state index is 13.5. The van der Waals surface area contributed by atoms with Gasteiger partial charge in [0.15, 0.2) is 0 Å². The predicted octanol–water partition coefficient (Wildman–Crippen LogP) is 4.21. The fourth-order valence-corrected chi connectivity index (χ4v) is 6.19. The molecule has 4 aromatic rings. The number of fused-ring (bicyclic) bond motifs is 1. The van der Waals surface area contributed by atoms with Crippen molar-refractivity contribution in [3.63, 3.8) is 0 Å². The summed E-state index contributed by atoms with van der Waals surface area (Å²) in [6.07, 6.45) is 1.32. The first-order valence-corrected chi connectivity index (χ1v) is 14.6. The molecule has 8 nitrogen and oxygen atoms in total. The summed E-state index contributed by atoms with van der Waals surface area (Å²) in [4.78, 5) is 18.5. The highest BCUT2D eigenvalue weighted by atomic mass is 32.2. The SMILES string of the molecule is Cc1ccc2cc(-c3cc(S(=O)(=O)N(C)CC(=O)NC[C@H](O)c4ccccc4)ccc3N3CCCC3)[nH]c2c1. The number of H-pyrrole nitrogens is 1. The van der Waals surface area contributed by atoms with E-state index in [4.69, 9.17) is 0 Å². The third-order valence-corrected chi connectivity index (χ3v) is 9.03. The highest BCUT2D eigenvalue weighted by Gasteiger charge is 2.26. The number of anilines is 1. The highest BCUT2D eigenvalue weighted by Crippen LogP contribution is 2.36. The van der Waals surface area contributed by atoms with Gasteiger partial charge in [-0.05, 0) is 61.2 Å². The van der Waals surface area contributed by atoms with Crippen LogP contribution in [-0.2, 0) is 14.8 Å². The fraction of sp³-hybridized carbons (Fsp3) is 0.300. The number of carbonyl (C=O) groups is 1. The topological polar surface area (TPSA) is 106 Å². The molecule has 1 saturated heterocycles. The van der Waals surface area contributed by atoms with E-state index in [1.54, 1.807) is 36.4 Å². The highest BCUT2D eigenvalue weighted by molar-refractivity contribution is 7.89. The summed E-state index contributed by atoms with van der Waals surface area (Å²) in [5.74, 6) is -0.490. The lowest BCUT2D eigenvalue weighted by Crippen LogP contribution is -2.39. The smallest absolute Gasteiger partial charge is 0.243 e. The van der Waals surface area contributed by atoms with Gasteiger partial charge in [0.1, 0.15) is 0 Å². The van der Waals surface area contributed by atoms with Crippen molar-refractivity contribution >= 4 is 32.5 Å². The number of aliphatic hydroxyl groups is 1. The first kappa shape index (κ1) is 26.9. The van der Waals surface area contributed by atoms with Gasteiger partial charge in [-0.15, -0.1) is 0 Å². The van der Waals surface area contributed by atoms with Crippen molar-refractivity contribution in [1.82, 2.24) is 14.6 Å². The number of aromatic nitrogens is 1. The summed E-state index contributed by atoms with van der Waals surface area (Å²) in [5.41, 5.74) is 5.47. The summed E-state index contributed by atoms with van der Waals surface area (Å²) < 4.78 is 28.1. The maximum atomic E-state index is 13.5. The number of hydrogen-bond acceptors (Lipinski definition) is 5. The molecule has 0 spiro atoms. The Morgan fingerprint density at radius 2 is 1.79 bits per heavy atom. The number of hydrogen-bond donors (Lipinski definition) is 3. The molecule has 1 aliphatic rings. The standard InChI is InChI=1S/C30H34N4O4S/c1-21-10-11-23-17-27(32-26(23)16-21)25-18-24(12-13-28(25)34-14-6-7-15-34)39(37,38)33(2)20-30(36)31-19-29(35)22-8-4-3-5-9-22/h3-5,8-13,16-18,29,32,35H,6-7,14-15,19-20H2,1-2H3,(H,31,36)/t29-/m0/s1. The molecule has 1 fully saturated rings. The van der Waals surface area contributed by atoms with Gasteiger partial charge in [-0.2, -0.15) is 4.31 Å². The third-order valence-electron chi connectivity index (χ3n) is 7.23. The summed E-state index contributed by atoms with van der Waals surface area (Å²) in [5, 5.41) is 14.0. The van der Waals surface area contributed by atoms with E-state index in [-0.39, 0.29) is 18.0 Å². The van der Waals surface area contributed by atoms with Crippen LogP contribution in [0.2, 0.25) is 0 Å². The van der Waals surface area contributed by atoms with Crippen LogP contribution in [0.1, 0.15) is 30.1 Å². The molecule has 3 N–H and O–H groups in total. The van der Waals surface area contributed by atoms with Crippen LogP contribution in [0.3, 0.4) is 0 Å². The number of sulfonamides is 1. The molecule has 1 atom stereocenters. The van der Waals surface area contributed by atoms with Gasteiger partial charge in [-0.25, -0.2) is 8.42 Å². The average molecular weight is 547 g/mol. The van der Waals surface area contributed by atoms with E-state index >= 15 is 0 Å². The molecule has 3 aromatic carbocycles. The zero-order valence-electron chi connectivity index (χ0n) is 22.2. The third kappa shape index (κ3) is 5.85. The molecule has 1 aliphatic heterocycles. The minimum absolute atomic E-state index is 0.00866. The van der Waals surface area contributed by atoms with Gasteiger partial charge in [0, 0.05) is 54.5 Å². The zero-order chi connectivity index (χ0) is 27.6. The van der Waals surface area contributed by atoms with Crippen molar-refractivity contribution in [2.75, 3.05) is 38.1 Å². The fourth-order valence-electron chi connectivity index (χ4n) is 5.04. The molecule has 1 aromatic heterocycles. The lowest BCUT2D eigenvalue weighted by molar-refractivity contribution is -0.121. The Balaban J connectivity index is 1.38. The van der Waals surface area contributed by atoms with Crippen LogP contribution in [0.15, 0.2) is 77.7 Å². The van der Waals surface area contributed by atoms with Gasteiger partial charge in [-0.1, -0.05) is 42.5 Å². The van der Waals surface area contributed by atoms with Gasteiger partial charge < -0.3 is 20.3 Å². The molecule has 9 heteroatoms. The Morgan fingerprint density at radius 3 is 2.54 bits per heavy atom. The zero-order valence-corrected chi connectivity index (χ0v) is 23.0.